The van der Waals surface area contributed by atoms with E-state index in [-0.39, 0.29) is 23.8 Å². The van der Waals surface area contributed by atoms with Gasteiger partial charge in [0.2, 0.25) is 0 Å². The van der Waals surface area contributed by atoms with E-state index in [0.717, 1.165) is 25.9 Å². The van der Waals surface area contributed by atoms with Crippen LogP contribution >= 0.6 is 0 Å². The summed E-state index contributed by atoms with van der Waals surface area (Å²) in [5.41, 5.74) is 7.18. The molecule has 2 rings (SSSR count). The van der Waals surface area contributed by atoms with Crippen LogP contribution in [0.1, 0.15) is 41.4 Å². The van der Waals surface area contributed by atoms with Crippen molar-refractivity contribution in [2.45, 2.75) is 32.7 Å². The second kappa shape index (κ2) is 6.55. The van der Waals surface area contributed by atoms with Crippen LogP contribution in [0.15, 0.2) is 6.07 Å². The summed E-state index contributed by atoms with van der Waals surface area (Å²) in [6, 6.07) is 3.91. The molecule has 0 radical (unpaired) electrons. The van der Waals surface area contributed by atoms with Gasteiger partial charge in [0, 0.05) is 24.8 Å². The van der Waals surface area contributed by atoms with Crippen molar-refractivity contribution in [3.05, 3.63) is 22.9 Å². The second-order valence-electron chi connectivity index (χ2n) is 5.17. The van der Waals surface area contributed by atoms with Crippen LogP contribution in [0.4, 0.5) is 5.82 Å². The van der Waals surface area contributed by atoms with Gasteiger partial charge in [-0.05, 0) is 32.8 Å². The van der Waals surface area contributed by atoms with Gasteiger partial charge in [0.1, 0.15) is 17.5 Å². The van der Waals surface area contributed by atoms with Crippen molar-refractivity contribution in [1.29, 1.82) is 5.26 Å². The Hall–Kier alpha value is -2.13. The Bertz CT molecular complexity index is 572. The van der Waals surface area contributed by atoms with Crippen molar-refractivity contribution in [3.63, 3.8) is 0 Å². The molecule has 2 N–H and O–H groups in total. The van der Waals surface area contributed by atoms with Crippen LogP contribution < -0.4 is 10.6 Å². The number of aromatic nitrogens is 1. The number of hydrogen-bond donors (Lipinski definition) is 1. The summed E-state index contributed by atoms with van der Waals surface area (Å²) in [7, 11) is 0. The average Bonchev–Trinajstić information content (AvgIpc) is 2.47. The number of pyridine rings is 1. The number of nitriles is 1. The van der Waals surface area contributed by atoms with Crippen molar-refractivity contribution >= 4 is 11.8 Å². The molecule has 21 heavy (non-hydrogen) atoms. The van der Waals surface area contributed by atoms with Gasteiger partial charge in [-0.1, -0.05) is 0 Å². The Labute approximate surface area is 124 Å². The van der Waals surface area contributed by atoms with Crippen molar-refractivity contribution in [3.8, 4) is 6.07 Å². The molecule has 0 atom stereocenters. The van der Waals surface area contributed by atoms with Crippen molar-refractivity contribution in [2.75, 3.05) is 24.6 Å². The quantitative estimate of drug-likeness (QED) is 0.844. The van der Waals surface area contributed by atoms with Crippen molar-refractivity contribution < 1.29 is 9.53 Å². The molecule has 112 valence electrons. The van der Waals surface area contributed by atoms with Crippen LogP contribution in [-0.4, -0.2) is 36.7 Å². The molecule has 1 aliphatic heterocycles. The Balaban J connectivity index is 2.41. The number of anilines is 1. The van der Waals surface area contributed by atoms with Crippen LogP contribution in [0.5, 0.6) is 0 Å². The van der Waals surface area contributed by atoms with Crippen LogP contribution in [0, 0.1) is 18.3 Å². The molecular formula is C15H20N4O2. The summed E-state index contributed by atoms with van der Waals surface area (Å²) in [6.07, 6.45) is 1.71. The maximum Gasteiger partial charge on any atom is 0.339 e. The Kier molecular flexibility index (Phi) is 4.76. The first kappa shape index (κ1) is 15.3. The number of carbonyl (C=O) groups is 1. The summed E-state index contributed by atoms with van der Waals surface area (Å²) >= 11 is 0. The zero-order valence-electron chi connectivity index (χ0n) is 12.4. The summed E-state index contributed by atoms with van der Waals surface area (Å²) in [5, 5.41) is 9.44. The first-order chi connectivity index (χ1) is 10.1. The third-order valence-corrected chi connectivity index (χ3v) is 3.57. The van der Waals surface area contributed by atoms with Gasteiger partial charge in [-0.15, -0.1) is 0 Å². The number of nitrogens with zero attached hydrogens (tertiary/aromatic N) is 3. The van der Waals surface area contributed by atoms with Gasteiger partial charge >= 0.3 is 5.97 Å². The largest absolute Gasteiger partial charge is 0.462 e. The molecule has 6 heteroatoms. The van der Waals surface area contributed by atoms with Crippen LogP contribution in [0.3, 0.4) is 0 Å². The van der Waals surface area contributed by atoms with E-state index >= 15 is 0 Å². The van der Waals surface area contributed by atoms with Gasteiger partial charge < -0.3 is 15.4 Å². The third-order valence-electron chi connectivity index (χ3n) is 3.57. The van der Waals surface area contributed by atoms with E-state index in [9.17, 15) is 10.1 Å². The average molecular weight is 288 g/mol. The van der Waals surface area contributed by atoms with E-state index < -0.39 is 5.97 Å². The monoisotopic (exact) mass is 288 g/mol. The topological polar surface area (TPSA) is 92.2 Å². The first-order valence-corrected chi connectivity index (χ1v) is 7.16. The molecule has 6 nitrogen and oxygen atoms in total. The highest BCUT2D eigenvalue weighted by atomic mass is 16.5. The minimum Gasteiger partial charge on any atom is -0.462 e. The number of hydrogen-bond acceptors (Lipinski definition) is 6. The van der Waals surface area contributed by atoms with Crippen molar-refractivity contribution in [1.82, 2.24) is 4.98 Å². The molecule has 0 unspecified atom stereocenters. The SMILES string of the molecule is CCOC(=O)c1cc(C)nc(N2CCC(N)CC2)c1C#N. The van der Waals surface area contributed by atoms with E-state index in [4.69, 9.17) is 10.5 Å². The maximum absolute atomic E-state index is 12.0. The van der Waals surface area contributed by atoms with Gasteiger partial charge in [0.25, 0.3) is 0 Å². The van der Waals surface area contributed by atoms with Crippen molar-refractivity contribution in [2.24, 2.45) is 5.73 Å². The smallest absolute Gasteiger partial charge is 0.339 e. The molecule has 0 saturated carbocycles. The molecule has 0 bridgehead atoms. The van der Waals surface area contributed by atoms with Crippen LogP contribution in [0.2, 0.25) is 0 Å². The number of aryl methyl sites for hydroxylation is 1. The summed E-state index contributed by atoms with van der Waals surface area (Å²) < 4.78 is 5.03. The lowest BCUT2D eigenvalue weighted by Gasteiger charge is -2.32. The molecule has 2 heterocycles. The van der Waals surface area contributed by atoms with Gasteiger partial charge in [0.05, 0.1) is 12.2 Å². The molecule has 0 aliphatic carbocycles. The zero-order chi connectivity index (χ0) is 15.4. The number of carbonyl (C=O) groups excluding carboxylic acids is 1. The van der Waals surface area contributed by atoms with Gasteiger partial charge in [-0.3, -0.25) is 0 Å². The molecule has 1 saturated heterocycles. The number of nitrogens with two attached hydrogens (primary N) is 1. The first-order valence-electron chi connectivity index (χ1n) is 7.16. The van der Waals surface area contributed by atoms with Crippen LogP contribution in [-0.2, 0) is 4.74 Å². The van der Waals surface area contributed by atoms with E-state index in [1.807, 2.05) is 11.8 Å². The fraction of sp³-hybridized carbons (Fsp3) is 0.533. The molecule has 0 aromatic carbocycles. The lowest BCUT2D eigenvalue weighted by atomic mass is 10.0. The van der Waals surface area contributed by atoms with E-state index in [1.54, 1.807) is 13.0 Å². The summed E-state index contributed by atoms with van der Waals surface area (Å²) in [5.74, 6) is 0.0852. The Morgan fingerprint density at radius 2 is 2.24 bits per heavy atom. The number of esters is 1. The Morgan fingerprint density at radius 3 is 2.81 bits per heavy atom. The lowest BCUT2D eigenvalue weighted by molar-refractivity contribution is 0.0525. The van der Waals surface area contributed by atoms with E-state index in [2.05, 4.69) is 11.1 Å². The fourth-order valence-electron chi connectivity index (χ4n) is 2.48. The standard InChI is InChI=1S/C15H20N4O2/c1-3-21-15(20)12-8-10(2)18-14(13(12)9-16)19-6-4-11(17)5-7-19/h8,11H,3-7,17H2,1-2H3. The minimum atomic E-state index is -0.477. The predicted molar refractivity (Wildman–Crippen MR) is 79.1 cm³/mol. The minimum absolute atomic E-state index is 0.195. The van der Waals surface area contributed by atoms with E-state index in [1.165, 1.54) is 0 Å². The highest BCUT2D eigenvalue weighted by Crippen LogP contribution is 2.25. The lowest BCUT2D eigenvalue weighted by Crippen LogP contribution is -2.40. The predicted octanol–water partition coefficient (Wildman–Crippen LogP) is 1.37. The number of rotatable bonds is 3. The highest BCUT2D eigenvalue weighted by Gasteiger charge is 2.24. The number of ether oxygens (including phenoxy) is 1. The molecule has 1 aromatic heterocycles. The molecule has 1 aliphatic rings. The second-order valence-corrected chi connectivity index (χ2v) is 5.17. The molecular weight excluding hydrogens is 268 g/mol. The van der Waals surface area contributed by atoms with Crippen LogP contribution in [0.25, 0.3) is 0 Å². The van der Waals surface area contributed by atoms with E-state index in [0.29, 0.717) is 11.5 Å². The number of piperidine rings is 1. The molecule has 0 amide bonds. The van der Waals surface area contributed by atoms with Gasteiger partial charge in [-0.2, -0.15) is 5.26 Å². The fourth-order valence-corrected chi connectivity index (χ4v) is 2.48. The van der Waals surface area contributed by atoms with Gasteiger partial charge in [-0.25, -0.2) is 9.78 Å². The highest BCUT2D eigenvalue weighted by molar-refractivity contribution is 5.94. The maximum atomic E-state index is 12.0. The normalized spacial score (nSPS) is 15.6. The molecule has 1 aromatic rings. The summed E-state index contributed by atoms with van der Waals surface area (Å²) in [6.45, 7) is 5.32. The third kappa shape index (κ3) is 3.31. The molecule has 0 spiro atoms. The van der Waals surface area contributed by atoms with Gasteiger partial charge in [0.15, 0.2) is 0 Å². The molecule has 1 fully saturated rings. The Morgan fingerprint density at radius 1 is 1.57 bits per heavy atom. The zero-order valence-corrected chi connectivity index (χ0v) is 12.4. The summed E-state index contributed by atoms with van der Waals surface area (Å²) in [4.78, 5) is 18.5.